The van der Waals surface area contributed by atoms with Crippen molar-refractivity contribution >= 4 is 28.2 Å². The zero-order valence-corrected chi connectivity index (χ0v) is 18.5. The molecule has 2 aliphatic rings. The lowest BCUT2D eigenvalue weighted by atomic mass is 9.85. The van der Waals surface area contributed by atoms with Gasteiger partial charge < -0.3 is 9.80 Å². The van der Waals surface area contributed by atoms with Crippen LogP contribution in [0, 0.1) is 0 Å². The zero-order chi connectivity index (χ0) is 22.1. The van der Waals surface area contributed by atoms with Gasteiger partial charge in [-0.2, -0.15) is 0 Å². The lowest BCUT2D eigenvalue weighted by molar-refractivity contribution is -0.136. The molecular formula is C27H29N3O2. The van der Waals surface area contributed by atoms with Crippen LogP contribution in [0.3, 0.4) is 0 Å². The molecule has 2 aliphatic heterocycles. The molecule has 5 rings (SSSR count). The molecule has 3 aromatic rings. The summed E-state index contributed by atoms with van der Waals surface area (Å²) < 4.78 is 0. The van der Waals surface area contributed by atoms with Gasteiger partial charge in [0.25, 0.3) is 0 Å². The number of anilines is 1. The quantitative estimate of drug-likeness (QED) is 0.616. The van der Waals surface area contributed by atoms with E-state index in [1.165, 1.54) is 16.3 Å². The zero-order valence-electron chi connectivity index (χ0n) is 18.5. The summed E-state index contributed by atoms with van der Waals surface area (Å²) in [5.41, 5.74) is 1.82. The molecule has 0 saturated carbocycles. The number of carbonyl (C=O) groups excluding carboxylic acids is 2. The molecule has 5 nitrogen and oxygen atoms in total. The molecule has 0 aliphatic carbocycles. The van der Waals surface area contributed by atoms with E-state index in [1.54, 1.807) is 11.8 Å². The highest BCUT2D eigenvalue weighted by atomic mass is 16.2. The van der Waals surface area contributed by atoms with Crippen molar-refractivity contribution in [2.75, 3.05) is 31.2 Å². The molecule has 164 valence electrons. The van der Waals surface area contributed by atoms with E-state index in [1.807, 2.05) is 18.2 Å². The molecule has 1 amide bonds. The van der Waals surface area contributed by atoms with Crippen molar-refractivity contribution in [2.24, 2.45) is 0 Å². The number of benzene rings is 3. The third kappa shape index (κ3) is 3.67. The molecule has 2 heterocycles. The topological polar surface area (TPSA) is 43.9 Å². The van der Waals surface area contributed by atoms with E-state index < -0.39 is 5.54 Å². The fourth-order valence-electron chi connectivity index (χ4n) is 5.34. The van der Waals surface area contributed by atoms with Gasteiger partial charge in [0.2, 0.25) is 5.91 Å². The molecular weight excluding hydrogens is 398 g/mol. The lowest BCUT2D eigenvalue weighted by Crippen LogP contribution is -2.56. The molecule has 0 unspecified atom stereocenters. The summed E-state index contributed by atoms with van der Waals surface area (Å²) in [4.78, 5) is 31.8. The van der Waals surface area contributed by atoms with Crippen LogP contribution >= 0.6 is 0 Å². The highest BCUT2D eigenvalue weighted by Crippen LogP contribution is 2.39. The van der Waals surface area contributed by atoms with Gasteiger partial charge in [0.15, 0.2) is 0 Å². The Kier molecular flexibility index (Phi) is 5.43. The Labute approximate surface area is 189 Å². The van der Waals surface area contributed by atoms with E-state index in [0.717, 1.165) is 38.2 Å². The summed E-state index contributed by atoms with van der Waals surface area (Å²) in [6.07, 6.45) is 1.53. The van der Waals surface area contributed by atoms with E-state index in [9.17, 15) is 9.59 Å². The van der Waals surface area contributed by atoms with Crippen molar-refractivity contribution in [2.45, 2.75) is 31.8 Å². The molecule has 5 heteroatoms. The van der Waals surface area contributed by atoms with Gasteiger partial charge in [-0.15, -0.1) is 0 Å². The first-order chi connectivity index (χ1) is 15.6. The molecule has 0 atom stereocenters. The highest BCUT2D eigenvalue weighted by molar-refractivity contribution is 5.96. The number of fused-ring (bicyclic) bond motifs is 1. The molecule has 1 spiro atoms. The van der Waals surface area contributed by atoms with E-state index in [2.05, 4.69) is 64.4 Å². The van der Waals surface area contributed by atoms with Crippen LogP contribution in [-0.2, 0) is 16.1 Å². The number of hydrogen-bond acceptors (Lipinski definition) is 4. The minimum absolute atomic E-state index is 0.0248. The van der Waals surface area contributed by atoms with Crippen LogP contribution in [0.4, 0.5) is 5.69 Å². The van der Waals surface area contributed by atoms with Crippen LogP contribution in [0.5, 0.6) is 0 Å². The number of carbonyl (C=O) groups is 2. The maximum atomic E-state index is 13.6. The van der Waals surface area contributed by atoms with Gasteiger partial charge in [-0.05, 0) is 48.2 Å². The van der Waals surface area contributed by atoms with Crippen LogP contribution in [0.25, 0.3) is 10.8 Å². The smallest absolute Gasteiger partial charge is 0.250 e. The SMILES string of the molecule is CC(=O)CN1CN(c2ccccc2)C2(CCN(Cc3cccc4ccccc34)CC2)C1=O. The molecule has 0 N–H and O–H groups in total. The number of nitrogens with zero attached hydrogens (tertiary/aromatic N) is 3. The van der Waals surface area contributed by atoms with Gasteiger partial charge in [-0.3, -0.25) is 14.5 Å². The number of hydrogen-bond donors (Lipinski definition) is 0. The summed E-state index contributed by atoms with van der Waals surface area (Å²) in [6.45, 7) is 4.81. The van der Waals surface area contributed by atoms with E-state index >= 15 is 0 Å². The van der Waals surface area contributed by atoms with Crippen LogP contribution in [0.15, 0.2) is 72.8 Å². The molecule has 0 bridgehead atoms. The van der Waals surface area contributed by atoms with Crippen molar-refractivity contribution in [3.05, 3.63) is 78.4 Å². The number of piperidine rings is 1. The Balaban J connectivity index is 1.38. The number of ketones is 1. The first kappa shape index (κ1) is 20.7. The number of amides is 1. The van der Waals surface area contributed by atoms with Crippen LogP contribution in [0.1, 0.15) is 25.3 Å². The van der Waals surface area contributed by atoms with Crippen LogP contribution in [-0.4, -0.2) is 53.3 Å². The monoisotopic (exact) mass is 427 g/mol. The molecule has 3 aromatic carbocycles. The predicted molar refractivity (Wildman–Crippen MR) is 127 cm³/mol. The Morgan fingerprint density at radius 1 is 0.906 bits per heavy atom. The molecule has 2 fully saturated rings. The fraction of sp³-hybridized carbons (Fsp3) is 0.333. The van der Waals surface area contributed by atoms with Gasteiger partial charge in [-0.1, -0.05) is 60.7 Å². The molecule has 2 saturated heterocycles. The van der Waals surface area contributed by atoms with Crippen LogP contribution < -0.4 is 4.90 Å². The third-order valence-electron chi connectivity index (χ3n) is 6.95. The van der Waals surface area contributed by atoms with Crippen molar-refractivity contribution in [3.8, 4) is 0 Å². The van der Waals surface area contributed by atoms with Crippen molar-refractivity contribution in [1.82, 2.24) is 9.80 Å². The molecule has 0 aromatic heterocycles. The summed E-state index contributed by atoms with van der Waals surface area (Å²) in [5, 5.41) is 2.56. The van der Waals surface area contributed by atoms with E-state index in [0.29, 0.717) is 6.67 Å². The normalized spacial score (nSPS) is 18.6. The maximum absolute atomic E-state index is 13.6. The second-order valence-electron chi connectivity index (χ2n) is 9.06. The number of para-hydroxylation sites is 1. The maximum Gasteiger partial charge on any atom is 0.250 e. The Bertz CT molecular complexity index is 1130. The standard InChI is InChI=1S/C27H29N3O2/c1-21(31)18-29-20-30(24-11-3-2-4-12-24)27(26(29)32)14-16-28(17-15-27)19-23-10-7-9-22-8-5-6-13-25(22)23/h2-13H,14-20H2,1H3. The number of rotatable bonds is 5. The minimum Gasteiger partial charge on any atom is -0.339 e. The van der Waals surface area contributed by atoms with E-state index in [-0.39, 0.29) is 18.2 Å². The lowest BCUT2D eigenvalue weighted by Gasteiger charge is -2.43. The number of Topliss-reactive ketones (excluding diaryl/α,β-unsaturated/α-hetero) is 1. The molecule has 32 heavy (non-hydrogen) atoms. The summed E-state index contributed by atoms with van der Waals surface area (Å²) >= 11 is 0. The fourth-order valence-corrected chi connectivity index (χ4v) is 5.34. The minimum atomic E-state index is -0.563. The van der Waals surface area contributed by atoms with Gasteiger partial charge in [0.05, 0.1) is 13.2 Å². The van der Waals surface area contributed by atoms with Crippen LogP contribution in [0.2, 0.25) is 0 Å². The van der Waals surface area contributed by atoms with Gasteiger partial charge in [0.1, 0.15) is 11.3 Å². The summed E-state index contributed by atoms with van der Waals surface area (Å²) in [7, 11) is 0. The number of likely N-dealkylation sites (tertiary alicyclic amines) is 1. The predicted octanol–water partition coefficient (Wildman–Crippen LogP) is 4.07. The summed E-state index contributed by atoms with van der Waals surface area (Å²) in [5.74, 6) is 0.123. The highest BCUT2D eigenvalue weighted by Gasteiger charge is 2.53. The molecule has 0 radical (unpaired) electrons. The van der Waals surface area contributed by atoms with Gasteiger partial charge in [0, 0.05) is 25.3 Å². The van der Waals surface area contributed by atoms with Gasteiger partial charge in [-0.25, -0.2) is 0 Å². The van der Waals surface area contributed by atoms with E-state index in [4.69, 9.17) is 0 Å². The third-order valence-corrected chi connectivity index (χ3v) is 6.95. The Morgan fingerprint density at radius 2 is 1.59 bits per heavy atom. The largest absolute Gasteiger partial charge is 0.339 e. The van der Waals surface area contributed by atoms with Crippen molar-refractivity contribution in [1.29, 1.82) is 0 Å². The average Bonchev–Trinajstić information content (AvgIpc) is 3.07. The first-order valence-electron chi connectivity index (χ1n) is 11.4. The average molecular weight is 428 g/mol. The second-order valence-corrected chi connectivity index (χ2v) is 9.06. The second kappa shape index (κ2) is 8.40. The Hall–Kier alpha value is -3.18. The van der Waals surface area contributed by atoms with Crippen molar-refractivity contribution < 1.29 is 9.59 Å². The first-order valence-corrected chi connectivity index (χ1v) is 11.4. The summed E-state index contributed by atoms with van der Waals surface area (Å²) in [6, 6.07) is 25.1. The van der Waals surface area contributed by atoms with Gasteiger partial charge >= 0.3 is 0 Å². The Morgan fingerprint density at radius 3 is 2.34 bits per heavy atom. The van der Waals surface area contributed by atoms with Crippen molar-refractivity contribution in [3.63, 3.8) is 0 Å².